The molecule has 8 nitrogen and oxygen atoms in total. The summed E-state index contributed by atoms with van der Waals surface area (Å²) < 4.78 is 37.7. The van der Waals surface area contributed by atoms with E-state index in [4.69, 9.17) is 9.47 Å². The van der Waals surface area contributed by atoms with Gasteiger partial charge in [-0.25, -0.2) is 8.42 Å². The highest BCUT2D eigenvalue weighted by molar-refractivity contribution is 7.89. The average molecular weight is 406 g/mol. The van der Waals surface area contributed by atoms with E-state index in [0.29, 0.717) is 17.0 Å². The molecule has 0 spiro atoms. The van der Waals surface area contributed by atoms with Gasteiger partial charge in [-0.15, -0.1) is 0 Å². The third kappa shape index (κ3) is 5.08. The van der Waals surface area contributed by atoms with E-state index < -0.39 is 22.0 Å². The zero-order chi connectivity index (χ0) is 20.9. The van der Waals surface area contributed by atoms with Crippen LogP contribution >= 0.6 is 0 Å². The highest BCUT2D eigenvalue weighted by atomic mass is 32.2. The third-order valence-corrected chi connectivity index (χ3v) is 5.47. The lowest BCUT2D eigenvalue weighted by molar-refractivity contribution is -0.117. The summed E-state index contributed by atoms with van der Waals surface area (Å²) in [6, 6.07) is 9.46. The molecule has 0 aliphatic rings. The summed E-state index contributed by atoms with van der Waals surface area (Å²) in [5, 5.41) is 2.59. The molecule has 0 saturated carbocycles. The first-order chi connectivity index (χ1) is 13.2. The van der Waals surface area contributed by atoms with Gasteiger partial charge in [-0.3, -0.25) is 9.59 Å². The topological polar surface area (TPSA) is 111 Å². The number of amides is 1. The van der Waals surface area contributed by atoms with E-state index in [0.717, 1.165) is 0 Å². The van der Waals surface area contributed by atoms with Crippen molar-refractivity contribution in [3.05, 3.63) is 48.0 Å². The molecule has 150 valence electrons. The van der Waals surface area contributed by atoms with Gasteiger partial charge in [0.2, 0.25) is 15.9 Å². The molecule has 2 aromatic carbocycles. The second-order valence-electron chi connectivity index (χ2n) is 5.99. The Kier molecular flexibility index (Phi) is 6.76. The van der Waals surface area contributed by atoms with Gasteiger partial charge in [0.15, 0.2) is 17.3 Å². The van der Waals surface area contributed by atoms with Crippen LogP contribution in [-0.2, 0) is 14.8 Å². The maximum absolute atomic E-state index is 12.6. The molecular formula is C19H22N2O6S. The Morgan fingerprint density at radius 1 is 1.00 bits per heavy atom. The van der Waals surface area contributed by atoms with Gasteiger partial charge >= 0.3 is 0 Å². The minimum absolute atomic E-state index is 0.0663. The van der Waals surface area contributed by atoms with Crippen molar-refractivity contribution in [2.24, 2.45) is 0 Å². The summed E-state index contributed by atoms with van der Waals surface area (Å²) in [7, 11) is -1.14. The number of ether oxygens (including phenoxy) is 2. The van der Waals surface area contributed by atoms with Crippen LogP contribution in [0, 0.1) is 0 Å². The molecule has 2 aromatic rings. The molecule has 0 heterocycles. The first-order valence-electron chi connectivity index (χ1n) is 8.34. The Morgan fingerprint density at radius 2 is 1.68 bits per heavy atom. The molecule has 0 saturated heterocycles. The van der Waals surface area contributed by atoms with E-state index in [9.17, 15) is 18.0 Å². The number of hydrogen-bond donors (Lipinski definition) is 2. The summed E-state index contributed by atoms with van der Waals surface area (Å²) in [6.07, 6.45) is 0. The highest BCUT2D eigenvalue weighted by Gasteiger charge is 2.23. The van der Waals surface area contributed by atoms with Crippen LogP contribution in [0.1, 0.15) is 24.2 Å². The monoisotopic (exact) mass is 406 g/mol. The summed E-state index contributed by atoms with van der Waals surface area (Å²) in [4.78, 5) is 23.7. The minimum Gasteiger partial charge on any atom is -0.493 e. The largest absolute Gasteiger partial charge is 0.493 e. The van der Waals surface area contributed by atoms with Crippen molar-refractivity contribution < 1.29 is 27.5 Å². The Balaban J connectivity index is 2.14. The fourth-order valence-electron chi connectivity index (χ4n) is 2.40. The number of benzene rings is 2. The van der Waals surface area contributed by atoms with Crippen molar-refractivity contribution in [3.63, 3.8) is 0 Å². The first kappa shape index (κ1) is 21.4. The Morgan fingerprint density at radius 3 is 2.29 bits per heavy atom. The van der Waals surface area contributed by atoms with Crippen molar-refractivity contribution in [3.8, 4) is 11.5 Å². The van der Waals surface area contributed by atoms with Gasteiger partial charge in [0, 0.05) is 17.3 Å². The predicted octanol–water partition coefficient (Wildman–Crippen LogP) is 2.21. The van der Waals surface area contributed by atoms with E-state index in [-0.39, 0.29) is 16.4 Å². The van der Waals surface area contributed by atoms with E-state index in [1.54, 1.807) is 18.2 Å². The van der Waals surface area contributed by atoms with E-state index in [2.05, 4.69) is 10.0 Å². The molecule has 1 unspecified atom stereocenters. The standard InChI is InChI=1S/C19H22N2O6S/c1-12(19(23)20-15-7-5-6-14(10-15)13(2)22)21-28(24,25)16-8-9-17(26-3)18(11-16)27-4/h5-12,21H,1-4H3,(H,20,23). The fraction of sp³-hybridized carbons (Fsp3) is 0.263. The van der Waals surface area contributed by atoms with Crippen LogP contribution in [0.5, 0.6) is 11.5 Å². The van der Waals surface area contributed by atoms with Gasteiger partial charge in [0.05, 0.1) is 25.2 Å². The summed E-state index contributed by atoms with van der Waals surface area (Å²) in [5.74, 6) is -0.0656. The molecule has 1 amide bonds. The zero-order valence-electron chi connectivity index (χ0n) is 16.0. The number of carbonyl (C=O) groups excluding carboxylic acids is 2. The van der Waals surface area contributed by atoms with Gasteiger partial charge in [0.25, 0.3) is 0 Å². The van der Waals surface area contributed by atoms with Crippen LogP contribution < -0.4 is 19.5 Å². The van der Waals surface area contributed by atoms with Gasteiger partial charge in [0.1, 0.15) is 0 Å². The van der Waals surface area contributed by atoms with Crippen molar-refractivity contribution in [2.75, 3.05) is 19.5 Å². The van der Waals surface area contributed by atoms with Crippen LogP contribution in [0.15, 0.2) is 47.4 Å². The quantitative estimate of drug-likeness (QED) is 0.651. The third-order valence-electron chi connectivity index (χ3n) is 3.93. The van der Waals surface area contributed by atoms with Crippen molar-refractivity contribution in [2.45, 2.75) is 24.8 Å². The fourth-order valence-corrected chi connectivity index (χ4v) is 3.62. The maximum Gasteiger partial charge on any atom is 0.242 e. The number of Topliss-reactive ketones (excluding diaryl/α,β-unsaturated/α-hetero) is 1. The Bertz CT molecular complexity index is 988. The van der Waals surface area contributed by atoms with Gasteiger partial charge in [-0.1, -0.05) is 12.1 Å². The highest BCUT2D eigenvalue weighted by Crippen LogP contribution is 2.29. The van der Waals surface area contributed by atoms with Gasteiger partial charge in [-0.2, -0.15) is 4.72 Å². The number of carbonyl (C=O) groups is 2. The number of hydrogen-bond acceptors (Lipinski definition) is 6. The van der Waals surface area contributed by atoms with Crippen molar-refractivity contribution in [1.82, 2.24) is 4.72 Å². The van der Waals surface area contributed by atoms with Gasteiger partial charge in [-0.05, 0) is 38.1 Å². The maximum atomic E-state index is 12.6. The second-order valence-corrected chi connectivity index (χ2v) is 7.70. The molecule has 0 aromatic heterocycles. The molecule has 0 aliphatic heterocycles. The Hall–Kier alpha value is -2.91. The smallest absolute Gasteiger partial charge is 0.242 e. The number of nitrogens with one attached hydrogen (secondary N) is 2. The predicted molar refractivity (Wildman–Crippen MR) is 104 cm³/mol. The molecule has 2 rings (SSSR count). The van der Waals surface area contributed by atoms with Gasteiger partial charge < -0.3 is 14.8 Å². The molecule has 28 heavy (non-hydrogen) atoms. The number of anilines is 1. The Labute approximate surface area is 163 Å². The lowest BCUT2D eigenvalue weighted by Gasteiger charge is -2.16. The first-order valence-corrected chi connectivity index (χ1v) is 9.82. The van der Waals surface area contributed by atoms with Crippen LogP contribution in [0.2, 0.25) is 0 Å². The normalized spacial score (nSPS) is 12.1. The molecule has 0 fully saturated rings. The molecular weight excluding hydrogens is 384 g/mol. The summed E-state index contributed by atoms with van der Waals surface area (Å²) in [6.45, 7) is 2.84. The molecule has 2 N–H and O–H groups in total. The second kappa shape index (κ2) is 8.85. The van der Waals surface area contributed by atoms with Crippen LogP contribution in [-0.4, -0.2) is 40.4 Å². The van der Waals surface area contributed by atoms with E-state index >= 15 is 0 Å². The lowest BCUT2D eigenvalue weighted by Crippen LogP contribution is -2.41. The SMILES string of the molecule is COc1ccc(S(=O)(=O)NC(C)C(=O)Nc2cccc(C(C)=O)c2)cc1OC. The summed E-state index contributed by atoms with van der Waals surface area (Å²) >= 11 is 0. The minimum atomic E-state index is -3.98. The molecule has 0 radical (unpaired) electrons. The molecule has 9 heteroatoms. The zero-order valence-corrected chi connectivity index (χ0v) is 16.8. The number of ketones is 1. The number of rotatable bonds is 8. The molecule has 0 bridgehead atoms. The number of methoxy groups -OCH3 is 2. The van der Waals surface area contributed by atoms with Crippen LogP contribution in [0.4, 0.5) is 5.69 Å². The summed E-state index contributed by atoms with van der Waals surface area (Å²) in [5.41, 5.74) is 0.839. The number of sulfonamides is 1. The van der Waals surface area contributed by atoms with Crippen molar-refractivity contribution >= 4 is 27.4 Å². The average Bonchev–Trinajstić information content (AvgIpc) is 2.67. The van der Waals surface area contributed by atoms with E-state index in [1.165, 1.54) is 52.3 Å². The van der Waals surface area contributed by atoms with Crippen molar-refractivity contribution in [1.29, 1.82) is 0 Å². The molecule has 0 aliphatic carbocycles. The molecule has 1 atom stereocenters. The van der Waals surface area contributed by atoms with E-state index in [1.807, 2.05) is 0 Å². The van der Waals surface area contributed by atoms with Crippen LogP contribution in [0.25, 0.3) is 0 Å². The van der Waals surface area contributed by atoms with Crippen LogP contribution in [0.3, 0.4) is 0 Å². The lowest BCUT2D eigenvalue weighted by atomic mass is 10.1.